The van der Waals surface area contributed by atoms with Gasteiger partial charge >= 0.3 is 0 Å². The monoisotopic (exact) mass is 464 g/mol. The first-order valence-electron chi connectivity index (χ1n) is 10.7. The number of hydrogen-bond donors (Lipinski definition) is 0. The second-order valence-electron chi connectivity index (χ2n) is 8.11. The SMILES string of the molecule is COc1ccc2c(c1)sc(/C=C/C=C/C=C1\Sc3cc(C)ccc3N1CCN(C)C)[n+]2C. The van der Waals surface area contributed by atoms with Gasteiger partial charge in [0.05, 0.1) is 17.8 Å². The van der Waals surface area contributed by atoms with E-state index in [2.05, 4.69) is 103 Å². The van der Waals surface area contributed by atoms with E-state index >= 15 is 0 Å². The lowest BCUT2D eigenvalue weighted by Crippen LogP contribution is -2.28. The molecular formula is C26H30N3OS2+. The molecule has 6 heteroatoms. The van der Waals surface area contributed by atoms with Gasteiger partial charge in [-0.15, -0.1) is 0 Å². The van der Waals surface area contributed by atoms with Crippen LogP contribution >= 0.6 is 23.1 Å². The molecule has 0 unspecified atom stereocenters. The van der Waals surface area contributed by atoms with Crippen molar-refractivity contribution in [2.75, 3.05) is 39.2 Å². The average Bonchev–Trinajstić information content (AvgIpc) is 3.27. The number of methoxy groups -OCH3 is 1. The molecule has 3 aromatic rings. The minimum Gasteiger partial charge on any atom is -0.497 e. The Morgan fingerprint density at radius 1 is 1.09 bits per heavy atom. The number of ether oxygens (including phenoxy) is 1. The Kier molecular flexibility index (Phi) is 7.04. The van der Waals surface area contributed by atoms with Gasteiger partial charge in [0.2, 0.25) is 5.52 Å². The molecule has 166 valence electrons. The van der Waals surface area contributed by atoms with E-state index in [9.17, 15) is 0 Å². The number of thiazole rings is 1. The minimum atomic E-state index is 0.894. The van der Waals surface area contributed by atoms with Gasteiger partial charge in [0.25, 0.3) is 5.01 Å². The molecule has 0 amide bonds. The quantitative estimate of drug-likeness (QED) is 0.333. The Labute approximate surface area is 199 Å². The number of hydrogen-bond acceptors (Lipinski definition) is 5. The Balaban J connectivity index is 1.50. The second-order valence-corrected chi connectivity index (χ2v) is 10.2. The second kappa shape index (κ2) is 9.94. The van der Waals surface area contributed by atoms with E-state index in [1.165, 1.54) is 36.4 Å². The standard InChI is InChI=1S/C26H30N3OS2/c1-19-11-13-22-23(17-19)32-26(29(22)16-15-27(2)3)10-8-6-7-9-25-28(4)21-14-12-20(30-5)18-24(21)31-25/h6-14,17-18H,15-16H2,1-5H3/q+1. The summed E-state index contributed by atoms with van der Waals surface area (Å²) in [6.45, 7) is 4.15. The molecule has 0 fully saturated rings. The maximum Gasteiger partial charge on any atom is 0.262 e. The fourth-order valence-corrected chi connectivity index (χ4v) is 5.92. The number of rotatable bonds is 7. The molecule has 1 aliphatic rings. The van der Waals surface area contributed by atoms with Gasteiger partial charge in [0, 0.05) is 36.2 Å². The van der Waals surface area contributed by atoms with E-state index in [1.54, 1.807) is 18.4 Å². The summed E-state index contributed by atoms with van der Waals surface area (Å²) >= 11 is 3.62. The van der Waals surface area contributed by atoms with Crippen LogP contribution in [-0.2, 0) is 7.05 Å². The van der Waals surface area contributed by atoms with E-state index in [1.807, 2.05) is 17.8 Å². The van der Waals surface area contributed by atoms with Crippen LogP contribution in [0.5, 0.6) is 5.75 Å². The molecule has 1 aliphatic heterocycles. The molecule has 0 aliphatic carbocycles. The first kappa shape index (κ1) is 22.6. The zero-order valence-electron chi connectivity index (χ0n) is 19.3. The highest BCUT2D eigenvalue weighted by molar-refractivity contribution is 8.03. The molecular weight excluding hydrogens is 434 g/mol. The van der Waals surface area contributed by atoms with Crippen LogP contribution < -0.4 is 14.2 Å². The van der Waals surface area contributed by atoms with Crippen molar-refractivity contribution in [1.29, 1.82) is 0 Å². The molecule has 2 heterocycles. The Morgan fingerprint density at radius 2 is 1.94 bits per heavy atom. The number of aromatic nitrogens is 1. The van der Waals surface area contributed by atoms with Crippen LogP contribution in [0.25, 0.3) is 16.3 Å². The summed E-state index contributed by atoms with van der Waals surface area (Å²) in [6.07, 6.45) is 10.7. The van der Waals surface area contributed by atoms with Crippen LogP contribution in [0.2, 0.25) is 0 Å². The van der Waals surface area contributed by atoms with Crippen molar-refractivity contribution in [1.82, 2.24) is 4.90 Å². The molecule has 0 N–H and O–H groups in total. The highest BCUT2D eigenvalue weighted by Gasteiger charge is 2.24. The maximum absolute atomic E-state index is 5.36. The van der Waals surface area contributed by atoms with Crippen LogP contribution in [0.15, 0.2) is 70.6 Å². The summed E-state index contributed by atoms with van der Waals surface area (Å²) in [7, 11) is 8.06. The maximum atomic E-state index is 5.36. The first-order chi connectivity index (χ1) is 15.5. The van der Waals surface area contributed by atoms with Crippen molar-refractivity contribution in [2.24, 2.45) is 7.05 Å². The van der Waals surface area contributed by atoms with Crippen molar-refractivity contribution in [2.45, 2.75) is 11.8 Å². The summed E-state index contributed by atoms with van der Waals surface area (Å²) in [5, 5.41) is 2.48. The molecule has 0 radical (unpaired) electrons. The van der Waals surface area contributed by atoms with Gasteiger partial charge in [-0.3, -0.25) is 0 Å². The third kappa shape index (κ3) is 4.93. The molecule has 4 nitrogen and oxygen atoms in total. The van der Waals surface area contributed by atoms with Crippen molar-refractivity contribution >= 4 is 45.1 Å². The van der Waals surface area contributed by atoms with Crippen LogP contribution in [0.3, 0.4) is 0 Å². The van der Waals surface area contributed by atoms with E-state index in [0.29, 0.717) is 0 Å². The van der Waals surface area contributed by atoms with E-state index in [-0.39, 0.29) is 0 Å². The third-order valence-electron chi connectivity index (χ3n) is 5.43. The third-order valence-corrected chi connectivity index (χ3v) is 7.71. The largest absolute Gasteiger partial charge is 0.497 e. The van der Waals surface area contributed by atoms with Crippen LogP contribution in [0.1, 0.15) is 10.6 Å². The minimum absolute atomic E-state index is 0.894. The van der Waals surface area contributed by atoms with Crippen LogP contribution in [0.4, 0.5) is 5.69 Å². The molecule has 2 aromatic carbocycles. The van der Waals surface area contributed by atoms with Crippen molar-refractivity contribution in [3.63, 3.8) is 0 Å². The fourth-order valence-electron chi connectivity index (χ4n) is 3.63. The molecule has 0 spiro atoms. The van der Waals surface area contributed by atoms with Gasteiger partial charge in [0.1, 0.15) is 17.5 Å². The van der Waals surface area contributed by atoms with Gasteiger partial charge < -0.3 is 14.5 Å². The lowest BCUT2D eigenvalue weighted by atomic mass is 10.2. The first-order valence-corrected chi connectivity index (χ1v) is 12.3. The van der Waals surface area contributed by atoms with Crippen molar-refractivity contribution in [3.8, 4) is 5.75 Å². The number of thioether (sulfide) groups is 1. The zero-order chi connectivity index (χ0) is 22.7. The molecule has 0 saturated heterocycles. The Hall–Kier alpha value is -2.54. The summed E-state index contributed by atoms with van der Waals surface area (Å²) in [5.41, 5.74) is 3.83. The molecule has 0 bridgehead atoms. The molecule has 4 rings (SSSR count). The van der Waals surface area contributed by atoms with E-state index < -0.39 is 0 Å². The van der Waals surface area contributed by atoms with Gasteiger partial charge in [-0.1, -0.05) is 47.4 Å². The normalized spacial score (nSPS) is 15.2. The summed E-state index contributed by atoms with van der Waals surface area (Å²) in [6, 6.07) is 12.9. The highest BCUT2D eigenvalue weighted by atomic mass is 32.2. The topological polar surface area (TPSA) is 19.6 Å². The predicted molar refractivity (Wildman–Crippen MR) is 139 cm³/mol. The number of fused-ring (bicyclic) bond motifs is 2. The predicted octanol–water partition coefficient (Wildman–Crippen LogP) is 5.63. The van der Waals surface area contributed by atoms with E-state index in [0.717, 1.165) is 18.8 Å². The number of allylic oxidation sites excluding steroid dienone is 4. The number of nitrogens with zero attached hydrogens (tertiary/aromatic N) is 3. The van der Waals surface area contributed by atoms with Gasteiger partial charge in [-0.25, -0.2) is 0 Å². The van der Waals surface area contributed by atoms with Crippen molar-refractivity contribution < 1.29 is 9.30 Å². The zero-order valence-corrected chi connectivity index (χ0v) is 21.0. The smallest absolute Gasteiger partial charge is 0.262 e. The van der Waals surface area contributed by atoms with Crippen LogP contribution in [0, 0.1) is 6.92 Å². The fraction of sp³-hybridized carbons (Fsp3) is 0.269. The summed E-state index contributed by atoms with van der Waals surface area (Å²) in [4.78, 5) is 5.99. The average molecular weight is 465 g/mol. The Bertz CT molecular complexity index is 1210. The number of benzene rings is 2. The molecule has 0 saturated carbocycles. The van der Waals surface area contributed by atoms with Gasteiger partial charge in [-0.05, 0) is 50.9 Å². The van der Waals surface area contributed by atoms with Crippen molar-refractivity contribution in [3.05, 3.63) is 76.3 Å². The molecule has 0 atom stereocenters. The van der Waals surface area contributed by atoms with Gasteiger partial charge in [0.15, 0.2) is 0 Å². The Morgan fingerprint density at radius 3 is 2.72 bits per heavy atom. The number of likely N-dealkylation sites (N-methyl/N-ethyl adjacent to an activating group) is 1. The summed E-state index contributed by atoms with van der Waals surface area (Å²) < 4.78 is 8.80. The molecule has 1 aromatic heterocycles. The van der Waals surface area contributed by atoms with Gasteiger partial charge in [-0.2, -0.15) is 4.57 Å². The van der Waals surface area contributed by atoms with Crippen LogP contribution in [-0.4, -0.2) is 39.2 Å². The summed E-state index contributed by atoms with van der Waals surface area (Å²) in [5.74, 6) is 0.894. The molecule has 32 heavy (non-hydrogen) atoms. The lowest BCUT2D eigenvalue weighted by Gasteiger charge is -2.22. The highest BCUT2D eigenvalue weighted by Crippen LogP contribution is 2.46. The van der Waals surface area contributed by atoms with E-state index in [4.69, 9.17) is 4.74 Å². The number of anilines is 1. The lowest BCUT2D eigenvalue weighted by molar-refractivity contribution is -0.642. The number of aryl methyl sites for hydroxylation is 2.